The van der Waals surface area contributed by atoms with Crippen molar-refractivity contribution in [1.82, 2.24) is 4.98 Å². The molecule has 3 nitrogen and oxygen atoms in total. The van der Waals surface area contributed by atoms with Gasteiger partial charge in [-0.3, -0.25) is 0 Å². The molecule has 0 amide bonds. The van der Waals surface area contributed by atoms with E-state index in [2.05, 4.69) is 36.6 Å². The molecule has 3 rings (SSSR count). The first-order valence-electron chi connectivity index (χ1n) is 8.15. The highest BCUT2D eigenvalue weighted by atomic mass is 32.1. The smallest absolute Gasteiger partial charge is 0.119 e. The van der Waals surface area contributed by atoms with Crippen LogP contribution in [-0.2, 0) is 6.42 Å². The summed E-state index contributed by atoms with van der Waals surface area (Å²) < 4.78 is 5.47. The molecule has 24 heavy (non-hydrogen) atoms. The average Bonchev–Trinajstić information content (AvgIpc) is 3.05. The molecule has 4 heteroatoms. The monoisotopic (exact) mass is 338 g/mol. The minimum atomic E-state index is -0.0577. The number of hydrogen-bond donors (Lipinski definition) is 1. The Bertz CT molecular complexity index is 778. The van der Waals surface area contributed by atoms with Crippen LogP contribution in [0.4, 0.5) is 0 Å². The lowest BCUT2D eigenvalue weighted by Gasteiger charge is -2.11. The Morgan fingerprint density at radius 2 is 1.79 bits per heavy atom. The first kappa shape index (κ1) is 16.7. The van der Waals surface area contributed by atoms with Crippen molar-refractivity contribution in [2.75, 3.05) is 6.61 Å². The predicted molar refractivity (Wildman–Crippen MR) is 101 cm³/mol. The fourth-order valence-electron chi connectivity index (χ4n) is 2.55. The van der Waals surface area contributed by atoms with Gasteiger partial charge in [-0.2, -0.15) is 0 Å². The third-order valence-corrected chi connectivity index (χ3v) is 4.78. The topological polar surface area (TPSA) is 48.1 Å². The second kappa shape index (κ2) is 7.60. The van der Waals surface area contributed by atoms with Gasteiger partial charge in [0, 0.05) is 23.4 Å². The van der Waals surface area contributed by atoms with Gasteiger partial charge in [-0.25, -0.2) is 4.98 Å². The molecule has 124 valence electrons. The molecule has 0 aliphatic rings. The molecule has 3 aromatic rings. The Kier molecular flexibility index (Phi) is 5.28. The second-order valence-corrected chi connectivity index (χ2v) is 6.75. The number of thiazole rings is 1. The van der Waals surface area contributed by atoms with Gasteiger partial charge in [-0.1, -0.05) is 42.0 Å². The third kappa shape index (κ3) is 4.02. The highest BCUT2D eigenvalue weighted by Crippen LogP contribution is 2.25. The number of ether oxygens (including phenoxy) is 1. The summed E-state index contributed by atoms with van der Waals surface area (Å²) in [6, 6.07) is 16.4. The van der Waals surface area contributed by atoms with Crippen molar-refractivity contribution in [3.8, 4) is 17.0 Å². The van der Waals surface area contributed by atoms with Gasteiger partial charge in [0.1, 0.15) is 5.75 Å². The summed E-state index contributed by atoms with van der Waals surface area (Å²) in [6.45, 7) is 4.74. The number of aromatic nitrogens is 1. The molecule has 2 N–H and O–H groups in total. The zero-order valence-corrected chi connectivity index (χ0v) is 14.8. The molecule has 0 bridgehead atoms. The molecule has 1 unspecified atom stereocenters. The third-order valence-electron chi connectivity index (χ3n) is 3.91. The zero-order chi connectivity index (χ0) is 16.9. The number of hydrogen-bond acceptors (Lipinski definition) is 4. The van der Waals surface area contributed by atoms with E-state index in [1.54, 1.807) is 11.3 Å². The van der Waals surface area contributed by atoms with Crippen LogP contribution in [0.3, 0.4) is 0 Å². The van der Waals surface area contributed by atoms with Crippen molar-refractivity contribution in [1.29, 1.82) is 0 Å². The van der Waals surface area contributed by atoms with Crippen LogP contribution < -0.4 is 10.5 Å². The summed E-state index contributed by atoms with van der Waals surface area (Å²) in [5, 5.41) is 3.16. The molecule has 0 saturated carbocycles. The maximum absolute atomic E-state index is 6.34. The van der Waals surface area contributed by atoms with E-state index in [0.717, 1.165) is 34.0 Å². The van der Waals surface area contributed by atoms with Crippen LogP contribution >= 0.6 is 11.3 Å². The Morgan fingerprint density at radius 1 is 1.08 bits per heavy atom. The van der Waals surface area contributed by atoms with Crippen LogP contribution in [0.2, 0.25) is 0 Å². The Balaban J connectivity index is 1.68. The van der Waals surface area contributed by atoms with Gasteiger partial charge in [0.05, 0.1) is 17.3 Å². The van der Waals surface area contributed by atoms with Crippen LogP contribution in [0.25, 0.3) is 11.3 Å². The summed E-state index contributed by atoms with van der Waals surface area (Å²) in [5.41, 5.74) is 10.9. The first-order valence-corrected chi connectivity index (χ1v) is 9.03. The first-order chi connectivity index (χ1) is 11.7. The molecule has 0 aliphatic heterocycles. The number of aryl methyl sites for hydroxylation is 1. The van der Waals surface area contributed by atoms with E-state index in [0.29, 0.717) is 6.61 Å². The molecular weight excluding hydrogens is 316 g/mol. The van der Waals surface area contributed by atoms with Gasteiger partial charge >= 0.3 is 0 Å². The SMILES string of the molecule is CCOc1ccc(C(N)Cc2nc(-c3ccc(C)cc3)cs2)cc1. The van der Waals surface area contributed by atoms with Crippen molar-refractivity contribution in [2.45, 2.75) is 26.3 Å². The van der Waals surface area contributed by atoms with Crippen LogP contribution in [0.15, 0.2) is 53.9 Å². The fraction of sp³-hybridized carbons (Fsp3) is 0.250. The lowest BCUT2D eigenvalue weighted by Crippen LogP contribution is -2.13. The minimum Gasteiger partial charge on any atom is -0.494 e. The summed E-state index contributed by atoms with van der Waals surface area (Å²) >= 11 is 1.67. The van der Waals surface area contributed by atoms with Crippen LogP contribution in [-0.4, -0.2) is 11.6 Å². The van der Waals surface area contributed by atoms with Crippen molar-refractivity contribution in [3.63, 3.8) is 0 Å². The largest absolute Gasteiger partial charge is 0.494 e. The van der Waals surface area contributed by atoms with E-state index < -0.39 is 0 Å². The Morgan fingerprint density at radius 3 is 2.46 bits per heavy atom. The van der Waals surface area contributed by atoms with Crippen molar-refractivity contribution < 1.29 is 4.74 Å². The zero-order valence-electron chi connectivity index (χ0n) is 14.0. The van der Waals surface area contributed by atoms with Gasteiger partial charge < -0.3 is 10.5 Å². The molecule has 2 aromatic carbocycles. The van der Waals surface area contributed by atoms with E-state index in [1.807, 2.05) is 31.2 Å². The Hall–Kier alpha value is -2.17. The summed E-state index contributed by atoms with van der Waals surface area (Å²) in [6.07, 6.45) is 0.741. The fourth-order valence-corrected chi connectivity index (χ4v) is 3.41. The Labute approximate surface area is 147 Å². The van der Waals surface area contributed by atoms with E-state index in [-0.39, 0.29) is 6.04 Å². The summed E-state index contributed by atoms with van der Waals surface area (Å²) in [5.74, 6) is 0.879. The van der Waals surface area contributed by atoms with E-state index in [9.17, 15) is 0 Å². The summed E-state index contributed by atoms with van der Waals surface area (Å²) in [4.78, 5) is 4.74. The normalized spacial score (nSPS) is 12.1. The number of nitrogens with zero attached hydrogens (tertiary/aromatic N) is 1. The molecule has 1 atom stereocenters. The number of benzene rings is 2. The highest BCUT2D eigenvalue weighted by Gasteiger charge is 2.11. The lowest BCUT2D eigenvalue weighted by molar-refractivity contribution is 0.340. The van der Waals surface area contributed by atoms with Gasteiger partial charge in [0.2, 0.25) is 0 Å². The highest BCUT2D eigenvalue weighted by molar-refractivity contribution is 7.09. The second-order valence-electron chi connectivity index (χ2n) is 5.81. The van der Waals surface area contributed by atoms with Gasteiger partial charge in [0.25, 0.3) is 0 Å². The van der Waals surface area contributed by atoms with Crippen molar-refractivity contribution in [3.05, 3.63) is 70.0 Å². The summed E-state index contributed by atoms with van der Waals surface area (Å²) in [7, 11) is 0. The van der Waals surface area contributed by atoms with E-state index in [1.165, 1.54) is 5.56 Å². The average molecular weight is 338 g/mol. The molecule has 0 spiro atoms. The van der Waals surface area contributed by atoms with Gasteiger partial charge in [-0.05, 0) is 31.5 Å². The van der Waals surface area contributed by atoms with Crippen LogP contribution in [0.1, 0.15) is 29.1 Å². The molecular formula is C20H22N2OS. The van der Waals surface area contributed by atoms with Crippen LogP contribution in [0.5, 0.6) is 5.75 Å². The molecule has 1 aromatic heterocycles. The standard InChI is InChI=1S/C20H22N2OS/c1-3-23-17-10-8-15(9-11-17)18(21)12-20-22-19(13-24-20)16-6-4-14(2)5-7-16/h4-11,13,18H,3,12,21H2,1-2H3. The van der Waals surface area contributed by atoms with Crippen LogP contribution in [0, 0.1) is 6.92 Å². The maximum Gasteiger partial charge on any atom is 0.119 e. The van der Waals surface area contributed by atoms with Crippen molar-refractivity contribution >= 4 is 11.3 Å². The molecule has 0 saturated heterocycles. The molecule has 1 heterocycles. The predicted octanol–water partition coefficient (Wildman–Crippen LogP) is 4.76. The van der Waals surface area contributed by atoms with Gasteiger partial charge in [-0.15, -0.1) is 11.3 Å². The molecule has 0 aliphatic carbocycles. The molecule has 0 radical (unpaired) electrons. The quantitative estimate of drug-likeness (QED) is 0.705. The maximum atomic E-state index is 6.34. The van der Waals surface area contributed by atoms with Gasteiger partial charge in [0.15, 0.2) is 0 Å². The van der Waals surface area contributed by atoms with E-state index in [4.69, 9.17) is 15.5 Å². The minimum absolute atomic E-state index is 0.0577. The number of nitrogens with two attached hydrogens (primary N) is 1. The van der Waals surface area contributed by atoms with E-state index >= 15 is 0 Å². The van der Waals surface area contributed by atoms with Crippen molar-refractivity contribution in [2.24, 2.45) is 5.73 Å². The lowest BCUT2D eigenvalue weighted by atomic mass is 10.0. The molecule has 0 fully saturated rings. The number of rotatable bonds is 6.